The van der Waals surface area contributed by atoms with Gasteiger partial charge in [0.05, 0.1) is 0 Å². The minimum absolute atomic E-state index is 1.03. The molecule has 0 nitrogen and oxygen atoms in total. The van der Waals surface area contributed by atoms with Gasteiger partial charge in [-0.15, -0.1) is 13.2 Å². The number of benzene rings is 1. The molecule has 0 spiro atoms. The van der Waals surface area contributed by atoms with Crippen LogP contribution in [0.15, 0.2) is 43.2 Å². The van der Waals surface area contributed by atoms with Gasteiger partial charge < -0.3 is 0 Å². The quantitative estimate of drug-likeness (QED) is 0.293. The normalized spacial score (nSPS) is 8.67. The summed E-state index contributed by atoms with van der Waals surface area (Å²) in [4.78, 5) is 0. The molecule has 0 heterocycles. The molecule has 0 fully saturated rings. The molecule has 0 aromatic heterocycles. The molecular formula is C8H6Br4. The van der Waals surface area contributed by atoms with Crippen molar-refractivity contribution in [2.24, 2.45) is 0 Å². The Labute approximate surface area is 106 Å². The molecule has 0 atom stereocenters. The first-order valence-corrected chi connectivity index (χ1v) is 6.09. The lowest BCUT2D eigenvalue weighted by Gasteiger charge is -2.00. The van der Waals surface area contributed by atoms with Crippen molar-refractivity contribution in [3.05, 3.63) is 43.2 Å². The Morgan fingerprint density at radius 2 is 1.00 bits per heavy atom. The Kier molecular flexibility index (Phi) is 6.82. The van der Waals surface area contributed by atoms with Crippen LogP contribution in [0.2, 0.25) is 0 Å². The van der Waals surface area contributed by atoms with Crippen LogP contribution in [0.25, 0.3) is 0 Å². The average Bonchev–Trinajstić information content (AvgIpc) is 2.12. The van der Waals surface area contributed by atoms with Crippen molar-refractivity contribution < 1.29 is 0 Å². The summed E-state index contributed by atoms with van der Waals surface area (Å²) >= 11 is 13.6. The first kappa shape index (κ1) is 12.9. The van der Waals surface area contributed by atoms with Gasteiger partial charge >= 0.3 is 0 Å². The molecular weight excluding hydrogens is 416 g/mol. The zero-order valence-corrected chi connectivity index (χ0v) is 12.4. The summed E-state index contributed by atoms with van der Waals surface area (Å²) in [6.07, 6.45) is 0. The van der Waals surface area contributed by atoms with Crippen LogP contribution in [0.5, 0.6) is 0 Å². The van der Waals surface area contributed by atoms with E-state index in [4.69, 9.17) is 0 Å². The van der Waals surface area contributed by atoms with E-state index in [9.17, 15) is 0 Å². The fourth-order valence-electron chi connectivity index (χ4n) is 0.502. The van der Waals surface area contributed by atoms with Crippen molar-refractivity contribution in [2.45, 2.75) is 0 Å². The van der Waals surface area contributed by atoms with Gasteiger partial charge in [0.15, 0.2) is 0 Å². The third-order valence-electron chi connectivity index (χ3n) is 0.988. The molecule has 0 aliphatic heterocycles. The highest BCUT2D eigenvalue weighted by Crippen LogP contribution is 2.35. The van der Waals surface area contributed by atoms with E-state index in [1.807, 2.05) is 12.1 Å². The summed E-state index contributed by atoms with van der Waals surface area (Å²) in [5.41, 5.74) is 0. The van der Waals surface area contributed by atoms with Crippen LogP contribution in [-0.2, 0) is 0 Å². The van der Waals surface area contributed by atoms with Gasteiger partial charge in [0.2, 0.25) is 0 Å². The van der Waals surface area contributed by atoms with Crippen molar-refractivity contribution in [3.63, 3.8) is 0 Å². The van der Waals surface area contributed by atoms with Crippen molar-refractivity contribution in [3.8, 4) is 0 Å². The third-order valence-corrected chi connectivity index (χ3v) is 5.55. The molecule has 1 aromatic carbocycles. The Morgan fingerprint density at radius 3 is 1.25 bits per heavy atom. The summed E-state index contributed by atoms with van der Waals surface area (Å²) in [5, 5.41) is 0. The summed E-state index contributed by atoms with van der Waals surface area (Å²) in [5.74, 6) is 0. The molecule has 0 amide bonds. The smallest absolute Gasteiger partial charge is 0.0471 e. The zero-order valence-electron chi connectivity index (χ0n) is 6.08. The maximum atomic E-state index is 3.41. The van der Waals surface area contributed by atoms with E-state index >= 15 is 0 Å². The second kappa shape index (κ2) is 6.35. The van der Waals surface area contributed by atoms with Crippen molar-refractivity contribution in [1.82, 2.24) is 0 Å². The molecule has 0 saturated heterocycles. The Morgan fingerprint density at radius 1 is 0.750 bits per heavy atom. The number of rotatable bonds is 0. The molecule has 0 bridgehead atoms. The lowest BCUT2D eigenvalue weighted by atomic mass is 10.4. The second-order valence-corrected chi connectivity index (χ2v) is 4.95. The van der Waals surface area contributed by atoms with E-state index in [0.717, 1.165) is 17.9 Å². The summed E-state index contributed by atoms with van der Waals surface area (Å²) in [6.45, 7) is 6.00. The Hall–Kier alpha value is 0.880. The molecule has 0 N–H and O–H groups in total. The fraction of sp³-hybridized carbons (Fsp3) is 0. The third kappa shape index (κ3) is 3.32. The molecule has 0 aliphatic carbocycles. The predicted molar refractivity (Wildman–Crippen MR) is 68.5 cm³/mol. The molecule has 0 radical (unpaired) electrons. The van der Waals surface area contributed by atoms with E-state index < -0.39 is 0 Å². The van der Waals surface area contributed by atoms with Gasteiger partial charge in [-0.3, -0.25) is 0 Å². The standard InChI is InChI=1S/C6H2Br4.C2H4/c7-3-1-2-4(8)6(10)5(3)9;1-2/h1-2H;1-2H2. The predicted octanol–water partition coefficient (Wildman–Crippen LogP) is 5.54. The fourth-order valence-corrected chi connectivity index (χ4v) is 2.39. The van der Waals surface area contributed by atoms with Crippen LogP contribution in [-0.4, -0.2) is 0 Å². The molecule has 66 valence electrons. The molecule has 12 heavy (non-hydrogen) atoms. The number of hydrogen-bond donors (Lipinski definition) is 0. The van der Waals surface area contributed by atoms with Gasteiger partial charge in [-0.1, -0.05) is 0 Å². The lowest BCUT2D eigenvalue weighted by molar-refractivity contribution is 1.50. The van der Waals surface area contributed by atoms with Crippen LogP contribution in [0.3, 0.4) is 0 Å². The largest absolute Gasteiger partial charge is 0.106 e. The SMILES string of the molecule is Brc1ccc(Br)c(Br)c1Br.C=C. The monoisotopic (exact) mass is 418 g/mol. The first-order chi connectivity index (χ1) is 5.63. The summed E-state index contributed by atoms with van der Waals surface area (Å²) in [7, 11) is 0. The van der Waals surface area contributed by atoms with Crippen molar-refractivity contribution in [1.29, 1.82) is 0 Å². The maximum absolute atomic E-state index is 3.41. The number of hydrogen-bond acceptors (Lipinski definition) is 0. The van der Waals surface area contributed by atoms with Crippen LogP contribution < -0.4 is 0 Å². The van der Waals surface area contributed by atoms with Crippen LogP contribution in [0.4, 0.5) is 0 Å². The van der Waals surface area contributed by atoms with Gasteiger partial charge in [-0.05, 0) is 75.9 Å². The van der Waals surface area contributed by atoms with Gasteiger partial charge in [0.25, 0.3) is 0 Å². The van der Waals surface area contributed by atoms with E-state index in [1.54, 1.807) is 0 Å². The highest BCUT2D eigenvalue weighted by molar-refractivity contribution is 9.15. The molecule has 1 rings (SSSR count). The average molecular weight is 422 g/mol. The highest BCUT2D eigenvalue weighted by Gasteiger charge is 2.03. The van der Waals surface area contributed by atoms with E-state index in [1.165, 1.54) is 0 Å². The highest BCUT2D eigenvalue weighted by atomic mass is 79.9. The lowest BCUT2D eigenvalue weighted by Crippen LogP contribution is -1.73. The van der Waals surface area contributed by atoms with E-state index in [-0.39, 0.29) is 0 Å². The second-order valence-electron chi connectivity index (χ2n) is 1.66. The van der Waals surface area contributed by atoms with Crippen molar-refractivity contribution in [2.75, 3.05) is 0 Å². The molecule has 1 aromatic rings. The van der Waals surface area contributed by atoms with Gasteiger partial charge in [-0.25, -0.2) is 0 Å². The van der Waals surface area contributed by atoms with Crippen LogP contribution in [0.1, 0.15) is 0 Å². The van der Waals surface area contributed by atoms with Gasteiger partial charge in [0, 0.05) is 17.9 Å². The molecule has 0 saturated carbocycles. The van der Waals surface area contributed by atoms with Crippen LogP contribution >= 0.6 is 63.7 Å². The van der Waals surface area contributed by atoms with E-state index in [0.29, 0.717) is 0 Å². The van der Waals surface area contributed by atoms with Crippen LogP contribution in [0, 0.1) is 0 Å². The van der Waals surface area contributed by atoms with Crippen molar-refractivity contribution >= 4 is 63.7 Å². The molecule has 0 unspecified atom stereocenters. The molecule has 4 heteroatoms. The first-order valence-electron chi connectivity index (χ1n) is 2.92. The van der Waals surface area contributed by atoms with E-state index in [2.05, 4.69) is 76.9 Å². The van der Waals surface area contributed by atoms with Gasteiger partial charge in [-0.2, -0.15) is 0 Å². The molecule has 0 aliphatic rings. The summed E-state index contributed by atoms with van der Waals surface area (Å²) in [6, 6.07) is 3.94. The topological polar surface area (TPSA) is 0 Å². The van der Waals surface area contributed by atoms with Gasteiger partial charge in [0.1, 0.15) is 0 Å². The zero-order chi connectivity index (χ0) is 9.72. The number of halogens is 4. The minimum Gasteiger partial charge on any atom is -0.106 e. The Balaban J connectivity index is 0.000000561. The minimum atomic E-state index is 1.03. The summed E-state index contributed by atoms with van der Waals surface area (Å²) < 4.78 is 4.15. The maximum Gasteiger partial charge on any atom is 0.0471 e. The Bertz CT molecular complexity index is 243.